The number of rotatable bonds is 6. The lowest BCUT2D eigenvalue weighted by molar-refractivity contribution is 0.195. The summed E-state index contributed by atoms with van der Waals surface area (Å²) >= 11 is 0. The van der Waals surface area contributed by atoms with Crippen molar-refractivity contribution in [1.29, 1.82) is 0 Å². The average Bonchev–Trinajstić information content (AvgIpc) is 3.25. The maximum Gasteiger partial charge on any atom is 0.155 e. The highest BCUT2D eigenvalue weighted by Crippen LogP contribution is 2.40. The minimum atomic E-state index is 0.484. The highest BCUT2D eigenvalue weighted by atomic mass is 15.3. The molecule has 140 valence electrons. The van der Waals surface area contributed by atoms with Gasteiger partial charge in [0.25, 0.3) is 0 Å². The molecular formula is C19H24N8. The van der Waals surface area contributed by atoms with E-state index >= 15 is 0 Å². The third-order valence-electron chi connectivity index (χ3n) is 5.50. The first-order chi connectivity index (χ1) is 13.4. The Morgan fingerprint density at radius 2 is 1.70 bits per heavy atom. The van der Waals surface area contributed by atoms with Crippen LogP contribution in [0, 0.1) is 0 Å². The Labute approximate surface area is 158 Å². The quantitative estimate of drug-likeness (QED) is 0.666. The van der Waals surface area contributed by atoms with Crippen LogP contribution in [0.2, 0.25) is 0 Å². The molecule has 2 aliphatic rings. The van der Waals surface area contributed by atoms with Crippen LogP contribution in [-0.2, 0) is 13.1 Å². The molecule has 0 bridgehead atoms. The molecule has 0 atom stereocenters. The van der Waals surface area contributed by atoms with Crippen molar-refractivity contribution < 1.29 is 0 Å². The van der Waals surface area contributed by atoms with Crippen molar-refractivity contribution in [3.63, 3.8) is 0 Å². The number of hydrogen-bond donors (Lipinski definition) is 0. The lowest BCUT2D eigenvalue weighted by Gasteiger charge is -2.31. The van der Waals surface area contributed by atoms with Crippen molar-refractivity contribution in [3.8, 4) is 0 Å². The van der Waals surface area contributed by atoms with Crippen LogP contribution >= 0.6 is 0 Å². The fraction of sp³-hybridized carbons (Fsp3) is 0.526. The molecule has 5 rings (SSSR count). The number of likely N-dealkylation sites (tertiary alicyclic amines) is 1. The molecular weight excluding hydrogens is 340 g/mol. The average molecular weight is 364 g/mol. The normalized spacial score (nSPS) is 18.8. The Hall–Kier alpha value is -2.61. The van der Waals surface area contributed by atoms with Crippen molar-refractivity contribution in [3.05, 3.63) is 54.4 Å². The predicted molar refractivity (Wildman–Crippen MR) is 98.9 cm³/mol. The maximum absolute atomic E-state index is 4.62. The molecule has 0 unspecified atom stereocenters. The Balaban J connectivity index is 1.27. The summed E-state index contributed by atoms with van der Waals surface area (Å²) in [5.74, 6) is 3.60. The molecule has 1 aliphatic carbocycles. The Morgan fingerprint density at radius 3 is 2.41 bits per heavy atom. The fourth-order valence-corrected chi connectivity index (χ4v) is 3.95. The second-order valence-electron chi connectivity index (χ2n) is 7.49. The molecule has 0 radical (unpaired) electrons. The van der Waals surface area contributed by atoms with Crippen LogP contribution in [0.1, 0.15) is 55.1 Å². The summed E-state index contributed by atoms with van der Waals surface area (Å²) in [5, 5.41) is 13.5. The molecule has 3 aromatic heterocycles. The van der Waals surface area contributed by atoms with Crippen molar-refractivity contribution in [1.82, 2.24) is 39.4 Å². The van der Waals surface area contributed by atoms with Gasteiger partial charge in [0, 0.05) is 36.7 Å². The summed E-state index contributed by atoms with van der Waals surface area (Å²) in [4.78, 5) is 11.1. The van der Waals surface area contributed by atoms with Crippen LogP contribution < -0.4 is 0 Å². The van der Waals surface area contributed by atoms with Gasteiger partial charge in [0.15, 0.2) is 5.82 Å². The van der Waals surface area contributed by atoms with E-state index in [0.29, 0.717) is 18.5 Å². The fourth-order valence-electron chi connectivity index (χ4n) is 3.95. The minimum Gasteiger partial charge on any atom is -0.310 e. The van der Waals surface area contributed by atoms with E-state index in [9.17, 15) is 0 Å². The molecule has 27 heavy (non-hydrogen) atoms. The van der Waals surface area contributed by atoms with Crippen LogP contribution in [-0.4, -0.2) is 52.5 Å². The molecule has 0 spiro atoms. The lowest BCUT2D eigenvalue weighted by atomic mass is 9.95. The molecule has 1 aliphatic heterocycles. The van der Waals surface area contributed by atoms with Crippen LogP contribution in [0.25, 0.3) is 0 Å². The third-order valence-corrected chi connectivity index (χ3v) is 5.50. The predicted octanol–water partition coefficient (Wildman–Crippen LogP) is 2.03. The van der Waals surface area contributed by atoms with E-state index in [1.54, 1.807) is 0 Å². The standard InChI is InChI=1S/C19H24N8/c1-7-20-17(21-8-1)13-25-11-5-15(6-12-25)19-24-23-18(27(19)16-3-4-16)14-26-10-2-9-22-26/h1-2,7-10,15-16H,3-6,11-14H2. The van der Waals surface area contributed by atoms with E-state index in [0.717, 1.165) is 44.1 Å². The van der Waals surface area contributed by atoms with Gasteiger partial charge < -0.3 is 4.57 Å². The van der Waals surface area contributed by atoms with Gasteiger partial charge in [0.1, 0.15) is 18.2 Å². The van der Waals surface area contributed by atoms with Gasteiger partial charge in [0.2, 0.25) is 0 Å². The monoisotopic (exact) mass is 364 g/mol. The van der Waals surface area contributed by atoms with E-state index in [1.807, 2.05) is 41.6 Å². The van der Waals surface area contributed by atoms with Crippen molar-refractivity contribution >= 4 is 0 Å². The zero-order valence-corrected chi connectivity index (χ0v) is 15.4. The molecule has 0 N–H and O–H groups in total. The van der Waals surface area contributed by atoms with E-state index in [4.69, 9.17) is 0 Å². The van der Waals surface area contributed by atoms with Crippen LogP contribution in [0.3, 0.4) is 0 Å². The SMILES string of the molecule is c1cnc(CN2CCC(c3nnc(Cn4cccn4)n3C3CC3)CC2)nc1. The summed E-state index contributed by atoms with van der Waals surface area (Å²) in [6.45, 7) is 3.62. The molecule has 1 saturated carbocycles. The first kappa shape index (κ1) is 16.6. The molecule has 8 heteroatoms. The molecule has 0 aromatic carbocycles. The Bertz CT molecular complexity index is 861. The van der Waals surface area contributed by atoms with E-state index < -0.39 is 0 Å². The first-order valence-corrected chi connectivity index (χ1v) is 9.76. The summed E-state index contributed by atoms with van der Waals surface area (Å²) in [6, 6.07) is 4.39. The number of nitrogens with zero attached hydrogens (tertiary/aromatic N) is 8. The lowest BCUT2D eigenvalue weighted by Crippen LogP contribution is -2.33. The summed E-state index contributed by atoms with van der Waals surface area (Å²) in [7, 11) is 0. The molecule has 3 aromatic rings. The van der Waals surface area contributed by atoms with Gasteiger partial charge in [-0.1, -0.05) is 0 Å². The first-order valence-electron chi connectivity index (χ1n) is 9.76. The maximum atomic E-state index is 4.62. The van der Waals surface area contributed by atoms with Crippen molar-refractivity contribution in [2.75, 3.05) is 13.1 Å². The third kappa shape index (κ3) is 3.62. The molecule has 2 fully saturated rings. The van der Waals surface area contributed by atoms with E-state index in [-0.39, 0.29) is 0 Å². The van der Waals surface area contributed by atoms with Crippen molar-refractivity contribution in [2.45, 2.75) is 50.7 Å². The molecule has 8 nitrogen and oxygen atoms in total. The van der Waals surface area contributed by atoms with Gasteiger partial charge in [0.05, 0.1) is 6.54 Å². The van der Waals surface area contributed by atoms with Gasteiger partial charge in [-0.25, -0.2) is 9.97 Å². The van der Waals surface area contributed by atoms with E-state index in [2.05, 4.69) is 34.7 Å². The second-order valence-corrected chi connectivity index (χ2v) is 7.49. The summed E-state index contributed by atoms with van der Waals surface area (Å²) < 4.78 is 4.33. The van der Waals surface area contributed by atoms with Gasteiger partial charge in [-0.3, -0.25) is 9.58 Å². The second kappa shape index (κ2) is 7.19. The van der Waals surface area contributed by atoms with Gasteiger partial charge >= 0.3 is 0 Å². The van der Waals surface area contributed by atoms with Crippen LogP contribution in [0.4, 0.5) is 0 Å². The Morgan fingerprint density at radius 1 is 0.889 bits per heavy atom. The van der Waals surface area contributed by atoms with E-state index in [1.165, 1.54) is 18.7 Å². The van der Waals surface area contributed by atoms with Gasteiger partial charge in [-0.05, 0) is 50.9 Å². The highest BCUT2D eigenvalue weighted by molar-refractivity contribution is 5.09. The number of hydrogen-bond acceptors (Lipinski definition) is 6. The molecule has 0 amide bonds. The summed E-state index contributed by atoms with van der Waals surface area (Å²) in [6.07, 6.45) is 12.1. The van der Waals surface area contributed by atoms with Crippen molar-refractivity contribution in [2.24, 2.45) is 0 Å². The number of piperidine rings is 1. The van der Waals surface area contributed by atoms with Crippen LogP contribution in [0.15, 0.2) is 36.9 Å². The topological polar surface area (TPSA) is 77.5 Å². The zero-order valence-electron chi connectivity index (χ0n) is 15.4. The molecule has 4 heterocycles. The number of aromatic nitrogens is 7. The van der Waals surface area contributed by atoms with Crippen LogP contribution in [0.5, 0.6) is 0 Å². The largest absolute Gasteiger partial charge is 0.310 e. The smallest absolute Gasteiger partial charge is 0.155 e. The zero-order chi connectivity index (χ0) is 18.1. The highest BCUT2D eigenvalue weighted by Gasteiger charge is 2.33. The molecule has 1 saturated heterocycles. The Kier molecular flexibility index (Phi) is 4.41. The van der Waals surface area contributed by atoms with Gasteiger partial charge in [-0.15, -0.1) is 10.2 Å². The minimum absolute atomic E-state index is 0.484. The summed E-state index contributed by atoms with van der Waals surface area (Å²) in [5.41, 5.74) is 0. The van der Waals surface area contributed by atoms with Gasteiger partial charge in [-0.2, -0.15) is 5.10 Å².